The number of amides is 1. The molecule has 112 valence electrons. The molecule has 0 radical (unpaired) electrons. The zero-order valence-corrected chi connectivity index (χ0v) is 12.9. The highest BCUT2D eigenvalue weighted by atomic mass is 32.1. The van der Waals surface area contributed by atoms with Gasteiger partial charge in [0.2, 0.25) is 5.91 Å². The number of nitrogens with zero attached hydrogens (tertiary/aromatic N) is 2. The van der Waals surface area contributed by atoms with E-state index in [1.807, 2.05) is 31.2 Å². The first-order chi connectivity index (χ1) is 10.1. The Labute approximate surface area is 128 Å². The SMILES string of the molecule is CC(N)C1CCN(CC(=O)Nc2nc3ccccc3s2)C1. The van der Waals surface area contributed by atoms with E-state index in [2.05, 4.69) is 15.2 Å². The predicted molar refractivity (Wildman–Crippen MR) is 86.4 cm³/mol. The number of benzene rings is 1. The van der Waals surface area contributed by atoms with Crippen LogP contribution in [0.3, 0.4) is 0 Å². The fourth-order valence-corrected chi connectivity index (χ4v) is 3.60. The van der Waals surface area contributed by atoms with E-state index in [0.717, 1.165) is 29.7 Å². The van der Waals surface area contributed by atoms with E-state index in [9.17, 15) is 4.79 Å². The molecule has 0 spiro atoms. The summed E-state index contributed by atoms with van der Waals surface area (Å²) in [6.45, 7) is 4.30. The number of nitrogens with one attached hydrogen (secondary N) is 1. The van der Waals surface area contributed by atoms with Crippen molar-refractivity contribution in [3.63, 3.8) is 0 Å². The summed E-state index contributed by atoms with van der Waals surface area (Å²) in [6, 6.07) is 8.09. The van der Waals surface area contributed by atoms with Crippen LogP contribution in [-0.2, 0) is 4.79 Å². The number of likely N-dealkylation sites (tertiary alicyclic amines) is 1. The van der Waals surface area contributed by atoms with Gasteiger partial charge in [0, 0.05) is 12.6 Å². The maximum Gasteiger partial charge on any atom is 0.240 e. The lowest BCUT2D eigenvalue weighted by Crippen LogP contribution is -2.34. The summed E-state index contributed by atoms with van der Waals surface area (Å²) >= 11 is 1.51. The van der Waals surface area contributed by atoms with Gasteiger partial charge in [-0.15, -0.1) is 0 Å². The maximum atomic E-state index is 12.1. The van der Waals surface area contributed by atoms with Crippen LogP contribution in [-0.4, -0.2) is 41.5 Å². The first-order valence-electron chi connectivity index (χ1n) is 7.25. The number of hydrogen-bond donors (Lipinski definition) is 2. The minimum atomic E-state index is -0.000574. The Bertz CT molecular complexity index is 606. The Morgan fingerprint density at radius 2 is 2.38 bits per heavy atom. The number of nitrogens with two attached hydrogens (primary N) is 1. The number of anilines is 1. The van der Waals surface area contributed by atoms with E-state index in [0.29, 0.717) is 17.6 Å². The van der Waals surface area contributed by atoms with Crippen molar-refractivity contribution in [3.05, 3.63) is 24.3 Å². The summed E-state index contributed by atoms with van der Waals surface area (Å²) in [6.07, 6.45) is 1.08. The van der Waals surface area contributed by atoms with Crippen molar-refractivity contribution in [2.45, 2.75) is 19.4 Å². The first kappa shape index (κ1) is 14.4. The smallest absolute Gasteiger partial charge is 0.240 e. The van der Waals surface area contributed by atoms with Gasteiger partial charge < -0.3 is 11.1 Å². The topological polar surface area (TPSA) is 71.2 Å². The molecule has 2 aromatic rings. The van der Waals surface area contributed by atoms with Crippen LogP contribution in [0.1, 0.15) is 13.3 Å². The maximum absolute atomic E-state index is 12.1. The van der Waals surface area contributed by atoms with Crippen molar-refractivity contribution < 1.29 is 4.79 Å². The number of para-hydroxylation sites is 1. The predicted octanol–water partition coefficient (Wildman–Crippen LogP) is 1.90. The van der Waals surface area contributed by atoms with Crippen LogP contribution in [0.15, 0.2) is 24.3 Å². The van der Waals surface area contributed by atoms with E-state index < -0.39 is 0 Å². The Morgan fingerprint density at radius 3 is 3.10 bits per heavy atom. The van der Waals surface area contributed by atoms with Gasteiger partial charge in [0.25, 0.3) is 0 Å². The highest BCUT2D eigenvalue weighted by Crippen LogP contribution is 2.25. The molecule has 1 aliphatic rings. The third kappa shape index (κ3) is 3.40. The molecule has 1 aromatic heterocycles. The van der Waals surface area contributed by atoms with E-state index in [4.69, 9.17) is 5.73 Å². The molecule has 1 amide bonds. The molecule has 1 aromatic carbocycles. The fraction of sp³-hybridized carbons (Fsp3) is 0.467. The molecular formula is C15H20N4OS. The van der Waals surface area contributed by atoms with Gasteiger partial charge in [0.1, 0.15) is 0 Å². The quantitative estimate of drug-likeness (QED) is 0.905. The Morgan fingerprint density at radius 1 is 1.57 bits per heavy atom. The van der Waals surface area contributed by atoms with E-state index in [1.165, 1.54) is 11.3 Å². The number of fused-ring (bicyclic) bond motifs is 1. The molecule has 3 rings (SSSR count). The van der Waals surface area contributed by atoms with Crippen molar-refractivity contribution in [2.24, 2.45) is 11.7 Å². The summed E-state index contributed by atoms with van der Waals surface area (Å²) < 4.78 is 1.09. The van der Waals surface area contributed by atoms with Crippen molar-refractivity contribution in [2.75, 3.05) is 25.0 Å². The Hall–Kier alpha value is -1.50. The molecule has 0 saturated carbocycles. The third-order valence-corrected chi connectivity index (χ3v) is 4.91. The Kier molecular flexibility index (Phi) is 4.19. The molecule has 1 saturated heterocycles. The van der Waals surface area contributed by atoms with Gasteiger partial charge in [-0.25, -0.2) is 4.98 Å². The van der Waals surface area contributed by atoms with E-state index >= 15 is 0 Å². The first-order valence-corrected chi connectivity index (χ1v) is 8.07. The second-order valence-corrected chi connectivity index (χ2v) is 6.71. The summed E-state index contributed by atoms with van der Waals surface area (Å²) in [4.78, 5) is 18.7. The largest absolute Gasteiger partial charge is 0.328 e. The minimum Gasteiger partial charge on any atom is -0.328 e. The molecule has 3 N–H and O–H groups in total. The molecule has 0 bridgehead atoms. The van der Waals surface area contributed by atoms with Crippen LogP contribution in [0.2, 0.25) is 0 Å². The molecule has 2 atom stereocenters. The number of carbonyl (C=O) groups excluding carboxylic acids is 1. The van der Waals surface area contributed by atoms with Gasteiger partial charge in [-0.1, -0.05) is 23.5 Å². The highest BCUT2D eigenvalue weighted by molar-refractivity contribution is 7.22. The van der Waals surface area contributed by atoms with Crippen molar-refractivity contribution in [1.82, 2.24) is 9.88 Å². The molecule has 1 aliphatic heterocycles. The molecule has 0 aliphatic carbocycles. The van der Waals surface area contributed by atoms with Gasteiger partial charge in [-0.3, -0.25) is 9.69 Å². The van der Waals surface area contributed by atoms with Crippen LogP contribution >= 0.6 is 11.3 Å². The molecule has 21 heavy (non-hydrogen) atoms. The van der Waals surface area contributed by atoms with Crippen LogP contribution in [0.4, 0.5) is 5.13 Å². The number of aromatic nitrogens is 1. The molecular weight excluding hydrogens is 284 g/mol. The monoisotopic (exact) mass is 304 g/mol. The summed E-state index contributed by atoms with van der Waals surface area (Å²) in [5.74, 6) is 0.500. The summed E-state index contributed by atoms with van der Waals surface area (Å²) in [7, 11) is 0. The van der Waals surface area contributed by atoms with E-state index in [-0.39, 0.29) is 11.9 Å². The normalized spacial score (nSPS) is 20.8. The third-order valence-electron chi connectivity index (χ3n) is 3.96. The lowest BCUT2D eigenvalue weighted by Gasteiger charge is -2.16. The van der Waals surface area contributed by atoms with Crippen molar-refractivity contribution >= 4 is 32.6 Å². The van der Waals surface area contributed by atoms with Gasteiger partial charge in [0.05, 0.1) is 16.8 Å². The molecule has 6 heteroatoms. The van der Waals surface area contributed by atoms with Gasteiger partial charge in [-0.05, 0) is 37.9 Å². The second-order valence-electron chi connectivity index (χ2n) is 5.68. The number of rotatable bonds is 4. The zero-order chi connectivity index (χ0) is 14.8. The van der Waals surface area contributed by atoms with Gasteiger partial charge >= 0.3 is 0 Å². The number of hydrogen-bond acceptors (Lipinski definition) is 5. The van der Waals surface area contributed by atoms with Crippen LogP contribution in [0.5, 0.6) is 0 Å². The fourth-order valence-electron chi connectivity index (χ4n) is 2.72. The van der Waals surface area contributed by atoms with Crippen LogP contribution in [0, 0.1) is 5.92 Å². The van der Waals surface area contributed by atoms with Gasteiger partial charge in [0.15, 0.2) is 5.13 Å². The van der Waals surface area contributed by atoms with Crippen LogP contribution in [0.25, 0.3) is 10.2 Å². The van der Waals surface area contributed by atoms with Crippen molar-refractivity contribution in [1.29, 1.82) is 0 Å². The number of carbonyl (C=O) groups is 1. The minimum absolute atomic E-state index is 0.000574. The highest BCUT2D eigenvalue weighted by Gasteiger charge is 2.26. The van der Waals surface area contributed by atoms with Crippen molar-refractivity contribution in [3.8, 4) is 0 Å². The van der Waals surface area contributed by atoms with Gasteiger partial charge in [-0.2, -0.15) is 0 Å². The molecule has 2 heterocycles. The summed E-state index contributed by atoms with van der Waals surface area (Å²) in [5.41, 5.74) is 6.85. The second kappa shape index (κ2) is 6.09. The lowest BCUT2D eigenvalue weighted by atomic mass is 10.0. The molecule has 2 unspecified atom stereocenters. The molecule has 1 fully saturated rings. The lowest BCUT2D eigenvalue weighted by molar-refractivity contribution is -0.117. The zero-order valence-electron chi connectivity index (χ0n) is 12.1. The summed E-state index contributed by atoms with van der Waals surface area (Å²) in [5, 5.41) is 3.57. The van der Waals surface area contributed by atoms with Crippen LogP contribution < -0.4 is 11.1 Å². The standard InChI is InChI=1S/C15H20N4OS/c1-10(16)11-6-7-19(8-11)9-14(20)18-15-17-12-4-2-3-5-13(12)21-15/h2-5,10-11H,6-9,16H2,1H3,(H,17,18,20). The number of thiazole rings is 1. The average Bonchev–Trinajstić information content (AvgIpc) is 3.04. The Balaban J connectivity index is 1.57. The average molecular weight is 304 g/mol. The van der Waals surface area contributed by atoms with E-state index in [1.54, 1.807) is 0 Å². The molecule has 5 nitrogen and oxygen atoms in total.